The molecular weight excluding hydrogens is 372 g/mol. The summed E-state index contributed by atoms with van der Waals surface area (Å²) >= 11 is 6.03. The van der Waals surface area contributed by atoms with E-state index in [2.05, 4.69) is 40.5 Å². The molecule has 4 rings (SSSR count). The monoisotopic (exact) mass is 400 g/mol. The number of aryl methyl sites for hydroxylation is 1. The van der Waals surface area contributed by atoms with Gasteiger partial charge in [-0.25, -0.2) is 0 Å². The van der Waals surface area contributed by atoms with E-state index in [0.717, 1.165) is 62.7 Å². The van der Waals surface area contributed by atoms with Gasteiger partial charge in [0, 0.05) is 68.9 Å². The summed E-state index contributed by atoms with van der Waals surface area (Å²) in [4.78, 5) is 20.0. The van der Waals surface area contributed by atoms with E-state index in [4.69, 9.17) is 11.6 Å². The van der Waals surface area contributed by atoms with E-state index in [9.17, 15) is 4.79 Å². The maximum Gasteiger partial charge on any atom is 0.255 e. The molecule has 1 unspecified atom stereocenters. The molecule has 0 N–H and O–H groups in total. The highest BCUT2D eigenvalue weighted by Gasteiger charge is 2.34. The number of amides is 1. The Kier molecular flexibility index (Phi) is 5.65. The molecule has 0 radical (unpaired) electrons. The summed E-state index contributed by atoms with van der Waals surface area (Å²) in [5.41, 5.74) is 3.30. The molecule has 1 aromatic carbocycles. The van der Waals surface area contributed by atoms with Crippen molar-refractivity contribution in [2.45, 2.75) is 25.8 Å². The number of rotatable bonds is 4. The van der Waals surface area contributed by atoms with E-state index in [1.807, 2.05) is 29.3 Å². The Hall–Kier alpha value is -1.98. The van der Waals surface area contributed by atoms with Gasteiger partial charge in [0.1, 0.15) is 0 Å². The summed E-state index contributed by atoms with van der Waals surface area (Å²) < 4.78 is 2.15. The maximum absolute atomic E-state index is 13.0. The molecule has 0 saturated carbocycles. The van der Waals surface area contributed by atoms with Crippen LogP contribution < -0.4 is 4.90 Å². The van der Waals surface area contributed by atoms with Crippen molar-refractivity contribution < 1.29 is 4.79 Å². The lowest BCUT2D eigenvalue weighted by Gasteiger charge is -2.40. The fourth-order valence-electron chi connectivity index (χ4n) is 4.61. The summed E-state index contributed by atoms with van der Waals surface area (Å²) in [6.45, 7) is 7.79. The van der Waals surface area contributed by atoms with Gasteiger partial charge in [0.2, 0.25) is 0 Å². The van der Waals surface area contributed by atoms with Crippen molar-refractivity contribution in [2.24, 2.45) is 7.05 Å². The van der Waals surface area contributed by atoms with Gasteiger partial charge in [-0.3, -0.25) is 9.69 Å². The SMILES string of the molecule is CCCN1CCC(N2CCN(c3ccc(Cl)cc3)CC2)c2c(ccn2C)C1=O. The molecule has 2 aliphatic rings. The Labute approximate surface area is 172 Å². The molecule has 2 aliphatic heterocycles. The van der Waals surface area contributed by atoms with Gasteiger partial charge in [-0.05, 0) is 43.2 Å². The van der Waals surface area contributed by atoms with Crippen molar-refractivity contribution in [2.75, 3.05) is 44.2 Å². The third-order valence-electron chi connectivity index (χ3n) is 6.07. The van der Waals surface area contributed by atoms with Crippen LogP contribution in [0.4, 0.5) is 5.69 Å². The fourth-order valence-corrected chi connectivity index (χ4v) is 4.73. The molecule has 2 aromatic rings. The van der Waals surface area contributed by atoms with Gasteiger partial charge in [0.25, 0.3) is 5.91 Å². The second-order valence-electron chi connectivity index (χ2n) is 7.82. The van der Waals surface area contributed by atoms with Crippen molar-refractivity contribution in [3.63, 3.8) is 0 Å². The zero-order chi connectivity index (χ0) is 19.7. The lowest BCUT2D eigenvalue weighted by atomic mass is 10.0. The summed E-state index contributed by atoms with van der Waals surface area (Å²) in [7, 11) is 2.07. The molecule has 28 heavy (non-hydrogen) atoms. The number of carbonyl (C=O) groups is 1. The van der Waals surface area contributed by atoms with Crippen LogP contribution in [0.1, 0.15) is 41.9 Å². The Morgan fingerprint density at radius 2 is 1.75 bits per heavy atom. The predicted octanol–water partition coefficient (Wildman–Crippen LogP) is 3.80. The second-order valence-corrected chi connectivity index (χ2v) is 8.26. The number of halogens is 1. The highest BCUT2D eigenvalue weighted by Crippen LogP contribution is 2.33. The van der Waals surface area contributed by atoms with Crippen LogP contribution in [0.5, 0.6) is 0 Å². The van der Waals surface area contributed by atoms with Crippen LogP contribution in [0.3, 0.4) is 0 Å². The van der Waals surface area contributed by atoms with Gasteiger partial charge in [-0.2, -0.15) is 0 Å². The standard InChI is InChI=1S/C22H29ClN4O/c1-3-10-27-12-9-20(21-19(22(27)28)8-11-24(21)2)26-15-13-25(14-16-26)18-6-4-17(23)5-7-18/h4-8,11,20H,3,9-10,12-16H2,1-2H3. The lowest BCUT2D eigenvalue weighted by molar-refractivity contribution is 0.0752. The van der Waals surface area contributed by atoms with Gasteiger partial charge in [0.15, 0.2) is 0 Å². The molecule has 0 spiro atoms. The summed E-state index contributed by atoms with van der Waals surface area (Å²) in [5.74, 6) is 0.194. The lowest BCUT2D eigenvalue weighted by Crippen LogP contribution is -2.48. The molecule has 150 valence electrons. The van der Waals surface area contributed by atoms with E-state index in [1.165, 1.54) is 11.4 Å². The number of aromatic nitrogens is 1. The second kappa shape index (κ2) is 8.18. The average Bonchev–Trinajstić information content (AvgIpc) is 3.03. The van der Waals surface area contributed by atoms with Gasteiger partial charge in [0.05, 0.1) is 11.6 Å². The van der Waals surface area contributed by atoms with Crippen molar-refractivity contribution in [1.82, 2.24) is 14.4 Å². The first-order valence-electron chi connectivity index (χ1n) is 10.3. The van der Waals surface area contributed by atoms with Gasteiger partial charge in [-0.15, -0.1) is 0 Å². The van der Waals surface area contributed by atoms with Crippen LogP contribution >= 0.6 is 11.6 Å². The van der Waals surface area contributed by atoms with Crippen molar-refractivity contribution >= 4 is 23.2 Å². The first-order valence-corrected chi connectivity index (χ1v) is 10.7. The Morgan fingerprint density at radius 3 is 2.43 bits per heavy atom. The highest BCUT2D eigenvalue weighted by molar-refractivity contribution is 6.30. The molecule has 1 saturated heterocycles. The fraction of sp³-hybridized carbons (Fsp3) is 0.500. The minimum absolute atomic E-state index is 0.194. The van der Waals surface area contributed by atoms with Crippen LogP contribution in [-0.2, 0) is 7.05 Å². The Bertz CT molecular complexity index is 824. The normalized spacial score (nSPS) is 21.0. The number of carbonyl (C=O) groups excluding carboxylic acids is 1. The van der Waals surface area contributed by atoms with Gasteiger partial charge < -0.3 is 14.4 Å². The first-order chi connectivity index (χ1) is 13.6. The van der Waals surface area contributed by atoms with Crippen LogP contribution in [0, 0.1) is 0 Å². The smallest absolute Gasteiger partial charge is 0.255 e. The Balaban J connectivity index is 1.51. The summed E-state index contributed by atoms with van der Waals surface area (Å²) in [6, 6.07) is 10.4. The van der Waals surface area contributed by atoms with Crippen LogP contribution in [0.2, 0.25) is 5.02 Å². The van der Waals surface area contributed by atoms with E-state index in [1.54, 1.807) is 0 Å². The van der Waals surface area contributed by atoms with E-state index in [0.29, 0.717) is 6.04 Å². The topological polar surface area (TPSA) is 31.7 Å². The van der Waals surface area contributed by atoms with Crippen LogP contribution in [0.15, 0.2) is 36.5 Å². The molecular formula is C22H29ClN4O. The molecule has 6 heteroatoms. The quantitative estimate of drug-likeness (QED) is 0.782. The molecule has 1 fully saturated rings. The highest BCUT2D eigenvalue weighted by atomic mass is 35.5. The zero-order valence-corrected chi connectivity index (χ0v) is 17.5. The molecule has 1 amide bonds. The molecule has 1 aromatic heterocycles. The Morgan fingerprint density at radius 1 is 1.04 bits per heavy atom. The van der Waals surface area contributed by atoms with E-state index >= 15 is 0 Å². The number of anilines is 1. The number of piperazine rings is 1. The first kappa shape index (κ1) is 19.3. The van der Waals surface area contributed by atoms with Gasteiger partial charge >= 0.3 is 0 Å². The summed E-state index contributed by atoms with van der Waals surface area (Å²) in [6.07, 6.45) is 4.03. The number of nitrogens with zero attached hydrogens (tertiary/aromatic N) is 4. The van der Waals surface area contributed by atoms with Crippen molar-refractivity contribution in [3.05, 3.63) is 52.8 Å². The molecule has 0 aliphatic carbocycles. The van der Waals surface area contributed by atoms with Crippen LogP contribution in [0.25, 0.3) is 0 Å². The molecule has 5 nitrogen and oxygen atoms in total. The average molecular weight is 401 g/mol. The van der Waals surface area contributed by atoms with Crippen molar-refractivity contribution in [3.8, 4) is 0 Å². The van der Waals surface area contributed by atoms with Crippen molar-refractivity contribution in [1.29, 1.82) is 0 Å². The molecule has 1 atom stereocenters. The minimum atomic E-state index is 0.194. The third-order valence-corrected chi connectivity index (χ3v) is 6.32. The third kappa shape index (κ3) is 3.65. The number of hydrogen-bond donors (Lipinski definition) is 0. The largest absolute Gasteiger partial charge is 0.369 e. The minimum Gasteiger partial charge on any atom is -0.369 e. The van der Waals surface area contributed by atoms with Crippen LogP contribution in [-0.4, -0.2) is 59.5 Å². The van der Waals surface area contributed by atoms with E-state index in [-0.39, 0.29) is 5.91 Å². The maximum atomic E-state index is 13.0. The predicted molar refractivity (Wildman–Crippen MR) is 114 cm³/mol. The molecule has 0 bridgehead atoms. The van der Waals surface area contributed by atoms with Gasteiger partial charge in [-0.1, -0.05) is 18.5 Å². The van der Waals surface area contributed by atoms with E-state index < -0.39 is 0 Å². The summed E-state index contributed by atoms with van der Waals surface area (Å²) in [5, 5.41) is 0.776. The number of fused-ring (bicyclic) bond motifs is 1. The zero-order valence-electron chi connectivity index (χ0n) is 16.8. The molecule has 3 heterocycles. The number of hydrogen-bond acceptors (Lipinski definition) is 3. The number of benzene rings is 1.